The van der Waals surface area contributed by atoms with Crippen LogP contribution in [-0.2, 0) is 0 Å². The molecule has 3 aromatic rings. The fourth-order valence-electron chi connectivity index (χ4n) is 1.65. The van der Waals surface area contributed by atoms with Gasteiger partial charge in [-0.05, 0) is 12.1 Å². The summed E-state index contributed by atoms with van der Waals surface area (Å²) in [6.07, 6.45) is 4.19. The number of benzene rings is 1. The lowest BCUT2D eigenvalue weighted by molar-refractivity contribution is 0.102. The predicted molar refractivity (Wildman–Crippen MR) is 80.3 cm³/mol. The molecule has 0 aliphatic rings. The number of rotatable bonds is 3. The summed E-state index contributed by atoms with van der Waals surface area (Å²) in [6, 6.07) is 4.33. The first-order valence-corrected chi connectivity index (χ1v) is 7.20. The summed E-state index contributed by atoms with van der Waals surface area (Å²) in [5.41, 5.74) is 0.296. The molecule has 0 saturated carbocycles. The van der Waals surface area contributed by atoms with E-state index in [0.717, 1.165) is 11.3 Å². The average Bonchev–Trinajstić information content (AvgIpc) is 2.96. The van der Waals surface area contributed by atoms with Crippen molar-refractivity contribution in [3.63, 3.8) is 0 Å². The molecule has 0 atom stereocenters. The third kappa shape index (κ3) is 2.92. The summed E-state index contributed by atoms with van der Waals surface area (Å²) in [7, 11) is 0. The number of hydrogen-bond acceptors (Lipinski definition) is 6. The van der Waals surface area contributed by atoms with Gasteiger partial charge in [0.2, 0.25) is 5.13 Å². The molecule has 0 spiro atoms. The van der Waals surface area contributed by atoms with Crippen molar-refractivity contribution in [1.29, 1.82) is 0 Å². The van der Waals surface area contributed by atoms with E-state index in [1.807, 2.05) is 0 Å². The number of amides is 1. The zero-order valence-corrected chi connectivity index (χ0v) is 12.4. The van der Waals surface area contributed by atoms with Crippen molar-refractivity contribution in [3.8, 4) is 10.6 Å². The van der Waals surface area contributed by atoms with Crippen LogP contribution in [0.1, 0.15) is 10.5 Å². The summed E-state index contributed by atoms with van der Waals surface area (Å²) in [5.74, 6) is -0.981. The lowest BCUT2D eigenvalue weighted by Gasteiger charge is -2.00. The van der Waals surface area contributed by atoms with Crippen LogP contribution in [-0.4, -0.2) is 26.1 Å². The monoisotopic (exact) mass is 335 g/mol. The summed E-state index contributed by atoms with van der Waals surface area (Å²) < 4.78 is 13.8. The second-order valence-corrected chi connectivity index (χ2v) is 5.44. The summed E-state index contributed by atoms with van der Waals surface area (Å²) in [4.78, 5) is 19.6. The normalized spacial score (nSPS) is 10.5. The van der Waals surface area contributed by atoms with Gasteiger partial charge in [-0.3, -0.25) is 15.1 Å². The highest BCUT2D eigenvalue weighted by Crippen LogP contribution is 2.33. The van der Waals surface area contributed by atoms with Gasteiger partial charge < -0.3 is 0 Å². The lowest BCUT2D eigenvalue weighted by atomic mass is 10.2. The van der Waals surface area contributed by atoms with E-state index < -0.39 is 11.7 Å². The number of nitrogens with zero attached hydrogens (tertiary/aromatic N) is 4. The fourth-order valence-corrected chi connectivity index (χ4v) is 2.76. The number of carbonyl (C=O) groups is 1. The molecule has 2 heterocycles. The van der Waals surface area contributed by atoms with E-state index >= 15 is 0 Å². The molecular weight excluding hydrogens is 329 g/mol. The Labute approximate surface area is 133 Å². The van der Waals surface area contributed by atoms with Gasteiger partial charge in [0, 0.05) is 12.4 Å². The third-order valence-corrected chi connectivity index (χ3v) is 3.79. The summed E-state index contributed by atoms with van der Waals surface area (Å²) in [6.45, 7) is 0. The maximum Gasteiger partial charge on any atom is 0.277 e. The van der Waals surface area contributed by atoms with Crippen molar-refractivity contribution in [2.45, 2.75) is 0 Å². The van der Waals surface area contributed by atoms with E-state index in [4.69, 9.17) is 11.6 Å². The highest BCUT2D eigenvalue weighted by Gasteiger charge is 2.16. The maximum absolute atomic E-state index is 13.8. The number of hydrogen-bond donors (Lipinski definition) is 1. The number of aromatic nitrogens is 4. The second-order valence-electron chi connectivity index (χ2n) is 4.05. The Morgan fingerprint density at radius 2 is 2.14 bits per heavy atom. The molecule has 2 aromatic heterocycles. The zero-order valence-electron chi connectivity index (χ0n) is 10.8. The Hall–Kier alpha value is -2.45. The van der Waals surface area contributed by atoms with Crippen molar-refractivity contribution in [2.24, 2.45) is 0 Å². The molecule has 0 fully saturated rings. The van der Waals surface area contributed by atoms with Gasteiger partial charge >= 0.3 is 0 Å². The molecule has 9 heteroatoms. The topological polar surface area (TPSA) is 80.7 Å². The first-order valence-electron chi connectivity index (χ1n) is 6.00. The van der Waals surface area contributed by atoms with Crippen LogP contribution in [0.5, 0.6) is 0 Å². The summed E-state index contributed by atoms with van der Waals surface area (Å²) >= 11 is 6.98. The van der Waals surface area contributed by atoms with E-state index in [-0.39, 0.29) is 26.4 Å². The maximum atomic E-state index is 13.8. The Morgan fingerprint density at radius 1 is 1.27 bits per heavy atom. The average molecular weight is 336 g/mol. The molecule has 6 nitrogen and oxygen atoms in total. The van der Waals surface area contributed by atoms with E-state index in [2.05, 4.69) is 25.5 Å². The van der Waals surface area contributed by atoms with Gasteiger partial charge in [0.15, 0.2) is 5.01 Å². The first-order chi connectivity index (χ1) is 10.6. The molecule has 22 heavy (non-hydrogen) atoms. The molecule has 0 unspecified atom stereocenters. The second kappa shape index (κ2) is 6.12. The van der Waals surface area contributed by atoms with E-state index in [1.165, 1.54) is 30.7 Å². The first kappa shape index (κ1) is 14.5. The molecule has 1 amide bonds. The highest BCUT2D eigenvalue weighted by atomic mass is 35.5. The minimum absolute atomic E-state index is 0.142. The van der Waals surface area contributed by atoms with Gasteiger partial charge in [-0.15, -0.1) is 10.2 Å². The van der Waals surface area contributed by atoms with Gasteiger partial charge in [0.1, 0.15) is 11.5 Å². The van der Waals surface area contributed by atoms with E-state index in [9.17, 15) is 9.18 Å². The number of nitrogens with one attached hydrogen (secondary N) is 1. The van der Waals surface area contributed by atoms with Crippen LogP contribution in [0.3, 0.4) is 0 Å². The van der Waals surface area contributed by atoms with Crippen molar-refractivity contribution in [1.82, 2.24) is 20.2 Å². The Bertz CT molecular complexity index is 806. The van der Waals surface area contributed by atoms with Crippen molar-refractivity contribution >= 4 is 34.0 Å². The van der Waals surface area contributed by atoms with Crippen LogP contribution in [0, 0.1) is 5.82 Å². The molecule has 1 aromatic carbocycles. The third-order valence-electron chi connectivity index (χ3n) is 2.62. The molecule has 1 N–H and O–H groups in total. The van der Waals surface area contributed by atoms with Crippen molar-refractivity contribution in [3.05, 3.63) is 53.3 Å². The van der Waals surface area contributed by atoms with Gasteiger partial charge in [-0.2, -0.15) is 0 Å². The van der Waals surface area contributed by atoms with Gasteiger partial charge in [-0.25, -0.2) is 9.37 Å². The minimum Gasteiger partial charge on any atom is -0.295 e. The van der Waals surface area contributed by atoms with Crippen LogP contribution >= 0.6 is 22.9 Å². The Balaban J connectivity index is 1.84. The quantitative estimate of drug-likeness (QED) is 0.795. The molecule has 0 radical (unpaired) electrons. The van der Waals surface area contributed by atoms with Crippen LogP contribution in [0.4, 0.5) is 9.52 Å². The summed E-state index contributed by atoms with van der Waals surface area (Å²) in [5, 5.41) is 10.9. The SMILES string of the molecule is O=C(Nc1nnc(-c2c(F)cccc2Cl)s1)c1cnccn1. The van der Waals surface area contributed by atoms with Crippen LogP contribution < -0.4 is 5.32 Å². The smallest absolute Gasteiger partial charge is 0.277 e. The number of halogens is 2. The fraction of sp³-hybridized carbons (Fsp3) is 0. The minimum atomic E-state index is -0.504. The molecule has 0 aliphatic carbocycles. The lowest BCUT2D eigenvalue weighted by Crippen LogP contribution is -2.13. The molecule has 0 bridgehead atoms. The largest absolute Gasteiger partial charge is 0.295 e. The zero-order chi connectivity index (χ0) is 15.5. The van der Waals surface area contributed by atoms with E-state index in [1.54, 1.807) is 6.07 Å². The number of carbonyl (C=O) groups excluding carboxylic acids is 1. The highest BCUT2D eigenvalue weighted by molar-refractivity contribution is 7.18. The standard InChI is InChI=1S/C13H7ClFN5OS/c14-7-2-1-3-8(15)10(7)12-19-20-13(22-12)18-11(21)9-6-16-4-5-17-9/h1-6H,(H,18,20,21). The number of anilines is 1. The van der Waals surface area contributed by atoms with Crippen molar-refractivity contribution in [2.75, 3.05) is 5.32 Å². The van der Waals surface area contributed by atoms with Gasteiger partial charge in [0.05, 0.1) is 16.8 Å². The Morgan fingerprint density at radius 3 is 2.86 bits per heavy atom. The molecule has 0 saturated heterocycles. The van der Waals surface area contributed by atoms with Gasteiger partial charge in [-0.1, -0.05) is 29.0 Å². The van der Waals surface area contributed by atoms with Crippen molar-refractivity contribution < 1.29 is 9.18 Å². The molecule has 110 valence electrons. The Kier molecular flexibility index (Phi) is 4.03. The predicted octanol–water partition coefficient (Wildman–Crippen LogP) is 3.04. The van der Waals surface area contributed by atoms with Crippen LogP contribution in [0.25, 0.3) is 10.6 Å². The molecule has 0 aliphatic heterocycles. The van der Waals surface area contributed by atoms with E-state index in [0.29, 0.717) is 0 Å². The van der Waals surface area contributed by atoms with Crippen LogP contribution in [0.2, 0.25) is 5.02 Å². The molecular formula is C13H7ClFN5OS. The van der Waals surface area contributed by atoms with Crippen LogP contribution in [0.15, 0.2) is 36.8 Å². The molecule has 3 rings (SSSR count). The van der Waals surface area contributed by atoms with Gasteiger partial charge in [0.25, 0.3) is 5.91 Å².